The van der Waals surface area contributed by atoms with Crippen molar-refractivity contribution in [3.8, 4) is 0 Å². The molecule has 0 aliphatic heterocycles. The van der Waals surface area contributed by atoms with E-state index in [2.05, 4.69) is 27.7 Å². The molecule has 0 rings (SSSR count). The molecule has 0 aliphatic carbocycles. The summed E-state index contributed by atoms with van der Waals surface area (Å²) in [7, 11) is 0. The van der Waals surface area contributed by atoms with Crippen LogP contribution in [-0.2, 0) is 28.6 Å². The molecule has 0 aromatic carbocycles. The maximum absolute atomic E-state index is 12.9. The van der Waals surface area contributed by atoms with Crippen LogP contribution in [0.5, 0.6) is 0 Å². The van der Waals surface area contributed by atoms with Crippen molar-refractivity contribution in [3.63, 3.8) is 0 Å². The van der Waals surface area contributed by atoms with E-state index in [4.69, 9.17) is 14.2 Å². The molecule has 6 unspecified atom stereocenters. The number of hydrogen-bond acceptors (Lipinski definition) is 7. The molecule has 7 heteroatoms. The van der Waals surface area contributed by atoms with Crippen LogP contribution in [-0.4, -0.2) is 46.9 Å². The van der Waals surface area contributed by atoms with E-state index in [9.17, 15) is 19.5 Å². The second-order valence-electron chi connectivity index (χ2n) is 10.4. The van der Waals surface area contributed by atoms with Gasteiger partial charge in [-0.25, -0.2) is 4.79 Å². The van der Waals surface area contributed by atoms with Crippen molar-refractivity contribution in [2.75, 3.05) is 0 Å². The van der Waals surface area contributed by atoms with E-state index in [1.165, 1.54) is 0 Å². The van der Waals surface area contributed by atoms with Gasteiger partial charge in [0.15, 0.2) is 5.60 Å². The van der Waals surface area contributed by atoms with Crippen molar-refractivity contribution >= 4 is 17.9 Å². The van der Waals surface area contributed by atoms with Gasteiger partial charge in [-0.05, 0) is 57.8 Å². The molecule has 200 valence electrons. The largest absolute Gasteiger partial charge is 0.463 e. The van der Waals surface area contributed by atoms with Gasteiger partial charge in [0, 0.05) is 0 Å². The normalized spacial score (nSPS) is 18.5. The minimum Gasteiger partial charge on any atom is -0.463 e. The third-order valence-electron chi connectivity index (χ3n) is 6.52. The monoisotopic (exact) mass is 486 g/mol. The van der Waals surface area contributed by atoms with E-state index < -0.39 is 42.5 Å². The Kier molecular flexibility index (Phi) is 15.3. The van der Waals surface area contributed by atoms with Crippen molar-refractivity contribution < 1.29 is 33.7 Å². The molecule has 0 fully saturated rings. The summed E-state index contributed by atoms with van der Waals surface area (Å²) in [5, 5.41) is 11.2. The van der Waals surface area contributed by atoms with Crippen molar-refractivity contribution in [2.24, 2.45) is 17.8 Å². The zero-order valence-electron chi connectivity index (χ0n) is 23.0. The average Bonchev–Trinajstić information content (AvgIpc) is 2.72. The molecule has 0 bridgehead atoms. The second kappa shape index (κ2) is 16.1. The van der Waals surface area contributed by atoms with Crippen molar-refractivity contribution in [2.45, 2.75) is 138 Å². The van der Waals surface area contributed by atoms with Gasteiger partial charge in [-0.15, -0.1) is 0 Å². The molecular weight excluding hydrogens is 436 g/mol. The van der Waals surface area contributed by atoms with E-state index in [0.717, 1.165) is 19.3 Å². The maximum atomic E-state index is 12.9. The lowest BCUT2D eigenvalue weighted by Gasteiger charge is -2.28. The number of rotatable bonds is 17. The average molecular weight is 487 g/mol. The van der Waals surface area contributed by atoms with Gasteiger partial charge in [-0.3, -0.25) is 9.59 Å². The summed E-state index contributed by atoms with van der Waals surface area (Å²) in [4.78, 5) is 38.1. The topological polar surface area (TPSA) is 99.1 Å². The van der Waals surface area contributed by atoms with Gasteiger partial charge in [0.2, 0.25) is 0 Å². The number of hydrogen-bond donors (Lipinski definition) is 1. The van der Waals surface area contributed by atoms with Crippen LogP contribution in [0.15, 0.2) is 0 Å². The van der Waals surface area contributed by atoms with E-state index in [-0.39, 0.29) is 12.2 Å². The summed E-state index contributed by atoms with van der Waals surface area (Å²) in [6.45, 7) is 17.6. The van der Waals surface area contributed by atoms with Gasteiger partial charge in [0.1, 0.15) is 0 Å². The lowest BCUT2D eigenvalue weighted by Crippen LogP contribution is -2.46. The zero-order chi connectivity index (χ0) is 26.5. The van der Waals surface area contributed by atoms with Gasteiger partial charge in [0.05, 0.1) is 31.2 Å². The summed E-state index contributed by atoms with van der Waals surface area (Å²) in [5.74, 6) is -1.42. The molecule has 34 heavy (non-hydrogen) atoms. The first-order valence-electron chi connectivity index (χ1n) is 13.1. The first-order valence-corrected chi connectivity index (χ1v) is 13.1. The molecule has 0 aromatic heterocycles. The summed E-state index contributed by atoms with van der Waals surface area (Å²) < 4.78 is 16.3. The highest BCUT2D eigenvalue weighted by Crippen LogP contribution is 2.24. The number of aliphatic hydroxyl groups is 1. The lowest BCUT2D eigenvalue weighted by atomic mass is 9.94. The van der Waals surface area contributed by atoms with E-state index in [1.807, 2.05) is 13.8 Å². The molecule has 1 N–H and O–H groups in total. The van der Waals surface area contributed by atoms with Gasteiger partial charge in [-0.1, -0.05) is 60.8 Å². The molecule has 0 heterocycles. The van der Waals surface area contributed by atoms with Crippen LogP contribution in [0.2, 0.25) is 0 Å². The fraction of sp³-hybridized carbons (Fsp3) is 0.889. The third-order valence-corrected chi connectivity index (χ3v) is 6.52. The summed E-state index contributed by atoms with van der Waals surface area (Å²) in [6, 6.07) is 0. The van der Waals surface area contributed by atoms with Crippen molar-refractivity contribution in [1.82, 2.24) is 0 Å². The molecule has 0 aromatic rings. The predicted octanol–water partition coefficient (Wildman–Crippen LogP) is 5.60. The van der Waals surface area contributed by atoms with Crippen LogP contribution < -0.4 is 0 Å². The minimum atomic E-state index is -2.34. The molecule has 0 saturated carbocycles. The minimum absolute atomic E-state index is 0.327. The van der Waals surface area contributed by atoms with Crippen LogP contribution in [0.3, 0.4) is 0 Å². The summed E-state index contributed by atoms with van der Waals surface area (Å²) in [6.07, 6.45) is 2.26. The third kappa shape index (κ3) is 13.3. The maximum Gasteiger partial charge on any atom is 0.339 e. The highest BCUT2D eigenvalue weighted by Gasteiger charge is 2.44. The van der Waals surface area contributed by atoms with Gasteiger partial charge < -0.3 is 19.3 Å². The Morgan fingerprint density at radius 3 is 1.21 bits per heavy atom. The molecule has 0 saturated heterocycles. The molecule has 6 atom stereocenters. The molecule has 0 aliphatic rings. The van der Waals surface area contributed by atoms with Crippen LogP contribution >= 0.6 is 0 Å². The first-order chi connectivity index (χ1) is 15.8. The number of carbonyl (C=O) groups is 3. The van der Waals surface area contributed by atoms with Crippen molar-refractivity contribution in [1.29, 1.82) is 0 Å². The molecule has 0 spiro atoms. The fourth-order valence-corrected chi connectivity index (χ4v) is 3.85. The van der Waals surface area contributed by atoms with Gasteiger partial charge >= 0.3 is 17.9 Å². The second-order valence-corrected chi connectivity index (χ2v) is 10.4. The van der Waals surface area contributed by atoms with Gasteiger partial charge in [0.25, 0.3) is 0 Å². The quantitative estimate of drug-likeness (QED) is 0.211. The Labute approximate surface area is 207 Å². The number of ether oxygens (including phenoxy) is 3. The van der Waals surface area contributed by atoms with Crippen LogP contribution in [0.4, 0.5) is 0 Å². The Morgan fingerprint density at radius 2 is 0.912 bits per heavy atom. The van der Waals surface area contributed by atoms with Crippen molar-refractivity contribution in [3.05, 3.63) is 0 Å². The predicted molar refractivity (Wildman–Crippen MR) is 133 cm³/mol. The number of esters is 3. The molecule has 0 amide bonds. The van der Waals surface area contributed by atoms with E-state index >= 15 is 0 Å². The van der Waals surface area contributed by atoms with E-state index in [1.54, 1.807) is 20.8 Å². The Morgan fingerprint density at radius 1 is 0.618 bits per heavy atom. The molecule has 7 nitrogen and oxygen atoms in total. The first kappa shape index (κ1) is 32.4. The Bertz CT molecular complexity index is 584. The SMILES string of the molecule is CCC(C)CC(C)OC(=O)CC(O)(CC(=O)OC(C)CC(C)CC)C(=O)OC(C)CC(C)CC. The molecule has 0 radical (unpaired) electrons. The smallest absolute Gasteiger partial charge is 0.339 e. The highest BCUT2D eigenvalue weighted by molar-refractivity contribution is 5.90. The Balaban J connectivity index is 5.38. The van der Waals surface area contributed by atoms with Crippen LogP contribution in [0.1, 0.15) is 114 Å². The zero-order valence-corrected chi connectivity index (χ0v) is 23.0. The molecular formula is C27H50O7. The lowest BCUT2D eigenvalue weighted by molar-refractivity contribution is -0.183. The van der Waals surface area contributed by atoms with Gasteiger partial charge in [-0.2, -0.15) is 0 Å². The highest BCUT2D eigenvalue weighted by atomic mass is 16.6. The van der Waals surface area contributed by atoms with E-state index in [0.29, 0.717) is 37.0 Å². The summed E-state index contributed by atoms with van der Waals surface area (Å²) >= 11 is 0. The standard InChI is InChI=1S/C27H50O7/c1-10-18(4)13-21(7)32-24(28)16-27(31,26(30)34-23(9)15-20(6)12-3)17-25(29)33-22(8)14-19(5)11-2/h18-23,31H,10-17H2,1-9H3. The fourth-order valence-electron chi connectivity index (χ4n) is 3.85. The Hall–Kier alpha value is -1.63. The van der Waals surface area contributed by atoms with Crippen LogP contribution in [0, 0.1) is 17.8 Å². The van der Waals surface area contributed by atoms with Crippen LogP contribution in [0.25, 0.3) is 0 Å². The number of carbonyl (C=O) groups excluding carboxylic acids is 3. The summed E-state index contributed by atoms with van der Waals surface area (Å²) in [5.41, 5.74) is -2.34.